The largest absolute Gasteiger partial charge is 0.508 e. The van der Waals surface area contributed by atoms with E-state index >= 15 is 0 Å². The smallest absolute Gasteiger partial charge is 0.338 e. The summed E-state index contributed by atoms with van der Waals surface area (Å²) in [6.45, 7) is 3.16. The van der Waals surface area contributed by atoms with Crippen LogP contribution < -0.4 is 5.32 Å². The number of rotatable bonds is 7. The average Bonchev–Trinajstić information content (AvgIpc) is 2.56. The molecular weight excluding hydrogens is 302 g/mol. The molecule has 23 heavy (non-hydrogen) atoms. The summed E-state index contributed by atoms with van der Waals surface area (Å²) in [4.78, 5) is 35.3. The molecule has 0 spiro atoms. The lowest BCUT2D eigenvalue weighted by molar-refractivity contribution is -0.147. The van der Waals surface area contributed by atoms with Crippen LogP contribution in [-0.4, -0.2) is 42.7 Å². The first-order chi connectivity index (χ1) is 10.9. The highest BCUT2D eigenvalue weighted by molar-refractivity contribution is 5.92. The van der Waals surface area contributed by atoms with Crippen LogP contribution in [0.4, 0.5) is 0 Å². The second kappa shape index (κ2) is 8.77. The summed E-state index contributed by atoms with van der Waals surface area (Å²) in [5, 5.41) is 11.8. The van der Waals surface area contributed by atoms with E-state index in [9.17, 15) is 19.5 Å². The van der Waals surface area contributed by atoms with E-state index in [0.717, 1.165) is 0 Å². The first kappa shape index (κ1) is 18.5. The molecule has 0 unspecified atom stereocenters. The van der Waals surface area contributed by atoms with Gasteiger partial charge in [0, 0.05) is 0 Å². The lowest BCUT2D eigenvalue weighted by atomic mass is 9.99. The number of methoxy groups -OCH3 is 1. The molecule has 0 radical (unpaired) electrons. The molecule has 7 heteroatoms. The van der Waals surface area contributed by atoms with E-state index < -0.39 is 30.5 Å². The van der Waals surface area contributed by atoms with Gasteiger partial charge in [-0.25, -0.2) is 9.59 Å². The Morgan fingerprint density at radius 3 is 2.57 bits per heavy atom. The van der Waals surface area contributed by atoms with E-state index in [0.29, 0.717) is 6.42 Å². The summed E-state index contributed by atoms with van der Waals surface area (Å²) in [7, 11) is 1.24. The van der Waals surface area contributed by atoms with Crippen molar-refractivity contribution in [2.24, 2.45) is 5.92 Å². The zero-order chi connectivity index (χ0) is 17.4. The minimum absolute atomic E-state index is 0.0774. The Bertz CT molecular complexity index is 571. The molecule has 1 aromatic rings. The van der Waals surface area contributed by atoms with Crippen LogP contribution in [-0.2, 0) is 19.1 Å². The molecule has 0 aromatic heterocycles. The lowest BCUT2D eigenvalue weighted by Gasteiger charge is -2.21. The fourth-order valence-corrected chi connectivity index (χ4v) is 1.86. The van der Waals surface area contributed by atoms with Crippen LogP contribution in [0.3, 0.4) is 0 Å². The molecule has 1 aromatic carbocycles. The van der Waals surface area contributed by atoms with Gasteiger partial charge in [-0.2, -0.15) is 0 Å². The van der Waals surface area contributed by atoms with E-state index in [1.807, 2.05) is 6.92 Å². The molecule has 7 nitrogen and oxygen atoms in total. The van der Waals surface area contributed by atoms with Crippen LogP contribution in [0.5, 0.6) is 5.75 Å². The van der Waals surface area contributed by atoms with E-state index in [-0.39, 0.29) is 17.2 Å². The number of phenols is 1. The molecule has 1 rings (SSSR count). The summed E-state index contributed by atoms with van der Waals surface area (Å²) in [5.74, 6) is -2.09. The molecule has 0 aliphatic carbocycles. The fraction of sp³-hybridized carbons (Fsp3) is 0.438. The number of nitrogens with one attached hydrogen (secondary N) is 1. The minimum Gasteiger partial charge on any atom is -0.508 e. The molecule has 0 bridgehead atoms. The Hall–Kier alpha value is -2.57. The molecule has 1 amide bonds. The summed E-state index contributed by atoms with van der Waals surface area (Å²) >= 11 is 0. The zero-order valence-electron chi connectivity index (χ0n) is 13.4. The van der Waals surface area contributed by atoms with Crippen molar-refractivity contribution in [2.75, 3.05) is 13.7 Å². The quantitative estimate of drug-likeness (QED) is 0.732. The third kappa shape index (κ3) is 5.61. The normalized spacial score (nSPS) is 12.8. The summed E-state index contributed by atoms with van der Waals surface area (Å²) < 4.78 is 9.51. The molecule has 0 aliphatic heterocycles. The SMILES string of the molecule is CC[C@@H](C)[C@@H](NC(=O)COC(=O)c1cccc(O)c1)C(=O)OC. The van der Waals surface area contributed by atoms with Crippen molar-refractivity contribution in [3.8, 4) is 5.75 Å². The number of carbonyl (C=O) groups excluding carboxylic acids is 3. The van der Waals surface area contributed by atoms with Crippen LogP contribution in [0, 0.1) is 5.92 Å². The summed E-state index contributed by atoms with van der Waals surface area (Å²) in [6.07, 6.45) is 0.670. The van der Waals surface area contributed by atoms with Gasteiger partial charge in [0.1, 0.15) is 11.8 Å². The van der Waals surface area contributed by atoms with Gasteiger partial charge in [-0.15, -0.1) is 0 Å². The summed E-state index contributed by atoms with van der Waals surface area (Å²) in [5.41, 5.74) is 0.129. The van der Waals surface area contributed by atoms with Gasteiger partial charge < -0.3 is 19.9 Å². The number of carbonyl (C=O) groups is 3. The second-order valence-corrected chi connectivity index (χ2v) is 5.08. The maximum Gasteiger partial charge on any atom is 0.338 e. The Morgan fingerprint density at radius 2 is 2.00 bits per heavy atom. The van der Waals surface area contributed by atoms with Crippen molar-refractivity contribution in [3.05, 3.63) is 29.8 Å². The maximum absolute atomic E-state index is 11.9. The highest BCUT2D eigenvalue weighted by atomic mass is 16.5. The van der Waals surface area contributed by atoms with Gasteiger partial charge in [0.05, 0.1) is 12.7 Å². The standard InChI is InChI=1S/C16H21NO6/c1-4-10(2)14(16(21)22-3)17-13(19)9-23-15(20)11-6-5-7-12(18)8-11/h5-8,10,14,18H,4,9H2,1-3H3,(H,17,19)/t10-,14-/m1/s1. The Morgan fingerprint density at radius 1 is 1.30 bits per heavy atom. The Balaban J connectivity index is 2.58. The third-order valence-electron chi connectivity index (χ3n) is 3.40. The van der Waals surface area contributed by atoms with E-state index in [2.05, 4.69) is 10.1 Å². The fourth-order valence-electron chi connectivity index (χ4n) is 1.86. The predicted molar refractivity (Wildman–Crippen MR) is 81.8 cm³/mol. The number of hydrogen-bond donors (Lipinski definition) is 2. The molecular formula is C16H21NO6. The van der Waals surface area contributed by atoms with Gasteiger partial charge in [-0.3, -0.25) is 4.79 Å². The molecule has 0 fully saturated rings. The molecule has 2 atom stereocenters. The van der Waals surface area contributed by atoms with Gasteiger partial charge in [-0.1, -0.05) is 26.3 Å². The minimum atomic E-state index is -0.794. The predicted octanol–water partition coefficient (Wildman–Crippen LogP) is 1.25. The monoisotopic (exact) mass is 323 g/mol. The van der Waals surface area contributed by atoms with Crippen LogP contribution in [0.25, 0.3) is 0 Å². The van der Waals surface area contributed by atoms with E-state index in [1.165, 1.54) is 31.4 Å². The number of benzene rings is 1. The van der Waals surface area contributed by atoms with Gasteiger partial charge in [-0.05, 0) is 24.1 Å². The average molecular weight is 323 g/mol. The van der Waals surface area contributed by atoms with Crippen LogP contribution in [0.1, 0.15) is 30.6 Å². The number of esters is 2. The number of aromatic hydroxyl groups is 1. The Kier molecular flexibility index (Phi) is 7.05. The highest BCUT2D eigenvalue weighted by Gasteiger charge is 2.27. The van der Waals surface area contributed by atoms with Gasteiger partial charge >= 0.3 is 11.9 Å². The van der Waals surface area contributed by atoms with Gasteiger partial charge in [0.25, 0.3) is 5.91 Å². The molecule has 2 N–H and O–H groups in total. The van der Waals surface area contributed by atoms with Crippen LogP contribution >= 0.6 is 0 Å². The van der Waals surface area contributed by atoms with Crippen molar-refractivity contribution in [2.45, 2.75) is 26.3 Å². The third-order valence-corrected chi connectivity index (χ3v) is 3.40. The van der Waals surface area contributed by atoms with E-state index in [4.69, 9.17) is 4.74 Å². The van der Waals surface area contributed by atoms with Crippen molar-refractivity contribution in [3.63, 3.8) is 0 Å². The number of hydrogen-bond acceptors (Lipinski definition) is 6. The topological polar surface area (TPSA) is 102 Å². The first-order valence-electron chi connectivity index (χ1n) is 7.22. The molecule has 0 heterocycles. The maximum atomic E-state index is 11.9. The van der Waals surface area contributed by atoms with Crippen molar-refractivity contribution in [1.29, 1.82) is 0 Å². The highest BCUT2D eigenvalue weighted by Crippen LogP contribution is 2.12. The second-order valence-electron chi connectivity index (χ2n) is 5.08. The molecule has 0 aliphatic rings. The van der Waals surface area contributed by atoms with Crippen molar-refractivity contribution < 1.29 is 29.0 Å². The van der Waals surface area contributed by atoms with Gasteiger partial charge in [0.2, 0.25) is 0 Å². The van der Waals surface area contributed by atoms with Crippen LogP contribution in [0.2, 0.25) is 0 Å². The molecule has 0 saturated heterocycles. The molecule has 0 saturated carbocycles. The van der Waals surface area contributed by atoms with E-state index in [1.54, 1.807) is 6.92 Å². The van der Waals surface area contributed by atoms with Crippen molar-refractivity contribution in [1.82, 2.24) is 5.32 Å². The number of phenolic OH excluding ortho intramolecular Hbond substituents is 1. The number of amides is 1. The zero-order valence-corrected chi connectivity index (χ0v) is 13.4. The summed E-state index contributed by atoms with van der Waals surface area (Å²) in [6, 6.07) is 4.79. The number of ether oxygens (including phenoxy) is 2. The molecule has 126 valence electrons. The Labute approximate surface area is 134 Å². The lowest BCUT2D eigenvalue weighted by Crippen LogP contribution is -2.47. The van der Waals surface area contributed by atoms with Gasteiger partial charge in [0.15, 0.2) is 6.61 Å². The van der Waals surface area contributed by atoms with Crippen molar-refractivity contribution >= 4 is 17.8 Å². The first-order valence-corrected chi connectivity index (χ1v) is 7.22. The van der Waals surface area contributed by atoms with Crippen LogP contribution in [0.15, 0.2) is 24.3 Å².